The van der Waals surface area contributed by atoms with Crippen LogP contribution < -0.4 is 0 Å². The topological polar surface area (TPSA) is 54.4 Å². The average Bonchev–Trinajstić information content (AvgIpc) is 2.18. The zero-order valence-corrected chi connectivity index (χ0v) is 8.03. The van der Waals surface area contributed by atoms with Crippen LogP contribution in [0.25, 0.3) is 6.08 Å². The number of carboxylic acid groups (broad SMARTS) is 1. The van der Waals surface area contributed by atoms with Crippen molar-refractivity contribution in [3.63, 3.8) is 0 Å². The molecule has 0 radical (unpaired) electrons. The first-order valence-corrected chi connectivity index (χ1v) is 4.22. The van der Waals surface area contributed by atoms with Crippen molar-refractivity contribution in [2.75, 3.05) is 0 Å². The van der Waals surface area contributed by atoms with Gasteiger partial charge in [-0.05, 0) is 36.3 Å². The number of halogens is 1. The van der Waals surface area contributed by atoms with Gasteiger partial charge in [-0.2, -0.15) is 0 Å². The van der Waals surface area contributed by atoms with Crippen molar-refractivity contribution in [2.45, 2.75) is 6.92 Å². The molecule has 0 aliphatic carbocycles. The summed E-state index contributed by atoms with van der Waals surface area (Å²) in [7, 11) is 0. The number of ketones is 1. The molecule has 15 heavy (non-hydrogen) atoms. The Bertz CT molecular complexity index is 435. The molecule has 0 amide bonds. The molecule has 1 rings (SSSR count). The molecule has 1 aromatic carbocycles. The normalized spacial score (nSPS) is 10.5. The highest BCUT2D eigenvalue weighted by molar-refractivity contribution is 6.38. The molecular formula is C11H9FO3. The molecule has 0 unspecified atom stereocenters. The van der Waals surface area contributed by atoms with Gasteiger partial charge in [-0.1, -0.05) is 12.1 Å². The van der Waals surface area contributed by atoms with E-state index in [4.69, 9.17) is 5.11 Å². The number of carboxylic acids is 1. The monoisotopic (exact) mass is 208 g/mol. The van der Waals surface area contributed by atoms with Gasteiger partial charge >= 0.3 is 5.97 Å². The van der Waals surface area contributed by atoms with E-state index in [0.29, 0.717) is 5.56 Å². The van der Waals surface area contributed by atoms with E-state index >= 15 is 0 Å². The first-order chi connectivity index (χ1) is 7.00. The molecule has 0 bridgehead atoms. The molecule has 0 atom stereocenters. The van der Waals surface area contributed by atoms with E-state index in [1.807, 2.05) is 0 Å². The van der Waals surface area contributed by atoms with Crippen molar-refractivity contribution in [1.82, 2.24) is 0 Å². The standard InChI is InChI=1S/C11H9FO3/c1-7-2-4-9(12)6-8(7)3-5-10(13)11(14)15/h2-6H,1H3,(H,14,15)/b5-3+. The lowest BCUT2D eigenvalue weighted by Crippen LogP contribution is -2.08. The van der Waals surface area contributed by atoms with Gasteiger partial charge < -0.3 is 5.11 Å². The zero-order valence-electron chi connectivity index (χ0n) is 8.03. The van der Waals surface area contributed by atoms with Crippen LogP contribution in [-0.2, 0) is 9.59 Å². The van der Waals surface area contributed by atoms with E-state index in [1.165, 1.54) is 18.2 Å². The molecule has 3 nitrogen and oxygen atoms in total. The predicted octanol–water partition coefficient (Wildman–Crippen LogP) is 1.80. The SMILES string of the molecule is Cc1ccc(F)cc1/C=C/C(=O)C(=O)O. The Morgan fingerprint density at radius 1 is 1.40 bits per heavy atom. The Labute approximate surface area is 85.8 Å². The molecule has 1 N–H and O–H groups in total. The van der Waals surface area contributed by atoms with Gasteiger partial charge in [0.25, 0.3) is 5.78 Å². The molecule has 0 heterocycles. The first kappa shape index (κ1) is 11.1. The van der Waals surface area contributed by atoms with Crippen LogP contribution in [0, 0.1) is 12.7 Å². The lowest BCUT2D eigenvalue weighted by molar-refractivity contribution is -0.146. The van der Waals surface area contributed by atoms with Gasteiger partial charge in [0.1, 0.15) is 5.82 Å². The molecule has 0 saturated heterocycles. The smallest absolute Gasteiger partial charge is 0.376 e. The second-order valence-electron chi connectivity index (χ2n) is 3.00. The van der Waals surface area contributed by atoms with Gasteiger partial charge in [0.15, 0.2) is 0 Å². The third-order valence-corrected chi connectivity index (χ3v) is 1.87. The fourth-order valence-electron chi connectivity index (χ4n) is 1.03. The Morgan fingerprint density at radius 2 is 2.07 bits per heavy atom. The lowest BCUT2D eigenvalue weighted by atomic mass is 10.1. The van der Waals surface area contributed by atoms with Crippen molar-refractivity contribution in [1.29, 1.82) is 0 Å². The summed E-state index contributed by atoms with van der Waals surface area (Å²) in [5.41, 5.74) is 1.26. The first-order valence-electron chi connectivity index (χ1n) is 4.22. The van der Waals surface area contributed by atoms with Crippen molar-refractivity contribution in [3.8, 4) is 0 Å². The van der Waals surface area contributed by atoms with Crippen LogP contribution in [0.15, 0.2) is 24.3 Å². The van der Waals surface area contributed by atoms with Gasteiger partial charge in [0.05, 0.1) is 0 Å². The van der Waals surface area contributed by atoms with Gasteiger partial charge in [-0.3, -0.25) is 4.79 Å². The number of hydrogen-bond acceptors (Lipinski definition) is 2. The van der Waals surface area contributed by atoms with Gasteiger partial charge in [0, 0.05) is 0 Å². The van der Waals surface area contributed by atoms with E-state index in [0.717, 1.165) is 11.6 Å². The fraction of sp³-hybridized carbons (Fsp3) is 0.0909. The van der Waals surface area contributed by atoms with Crippen molar-refractivity contribution < 1.29 is 19.1 Å². The number of benzene rings is 1. The summed E-state index contributed by atoms with van der Waals surface area (Å²) >= 11 is 0. The zero-order chi connectivity index (χ0) is 11.4. The van der Waals surface area contributed by atoms with Crippen LogP contribution in [0.1, 0.15) is 11.1 Å². The van der Waals surface area contributed by atoms with Crippen LogP contribution in [-0.4, -0.2) is 16.9 Å². The highest BCUT2D eigenvalue weighted by Crippen LogP contribution is 2.11. The largest absolute Gasteiger partial charge is 0.475 e. The van der Waals surface area contributed by atoms with Crippen molar-refractivity contribution in [3.05, 3.63) is 41.2 Å². The van der Waals surface area contributed by atoms with Gasteiger partial charge in [-0.25, -0.2) is 9.18 Å². The predicted molar refractivity (Wildman–Crippen MR) is 52.8 cm³/mol. The van der Waals surface area contributed by atoms with Crippen molar-refractivity contribution in [2.24, 2.45) is 0 Å². The molecule has 0 saturated carbocycles. The highest BCUT2D eigenvalue weighted by Gasteiger charge is 2.06. The Balaban J connectivity index is 2.94. The maximum absolute atomic E-state index is 12.8. The molecule has 0 spiro atoms. The summed E-state index contributed by atoms with van der Waals surface area (Å²) in [6.07, 6.45) is 2.19. The third-order valence-electron chi connectivity index (χ3n) is 1.87. The van der Waals surface area contributed by atoms with Gasteiger partial charge in [-0.15, -0.1) is 0 Å². The molecule has 0 aliphatic heterocycles. The summed E-state index contributed by atoms with van der Waals surface area (Å²) in [6.45, 7) is 1.74. The van der Waals surface area contributed by atoms with Crippen LogP contribution in [0.5, 0.6) is 0 Å². The number of aliphatic carboxylic acids is 1. The van der Waals surface area contributed by atoms with Crippen LogP contribution in [0.2, 0.25) is 0 Å². The van der Waals surface area contributed by atoms with E-state index in [1.54, 1.807) is 13.0 Å². The molecule has 78 valence electrons. The quantitative estimate of drug-likeness (QED) is 0.608. The molecule has 4 heteroatoms. The van der Waals surface area contributed by atoms with Crippen LogP contribution in [0.4, 0.5) is 4.39 Å². The number of rotatable bonds is 3. The maximum Gasteiger partial charge on any atom is 0.376 e. The minimum absolute atomic E-state index is 0.428. The summed E-state index contributed by atoms with van der Waals surface area (Å²) in [5, 5.41) is 8.31. The minimum Gasteiger partial charge on any atom is -0.475 e. The second-order valence-corrected chi connectivity index (χ2v) is 3.00. The summed E-state index contributed by atoms with van der Waals surface area (Å²) in [6, 6.07) is 4.09. The van der Waals surface area contributed by atoms with E-state index in [2.05, 4.69) is 0 Å². The molecular weight excluding hydrogens is 199 g/mol. The van der Waals surface area contributed by atoms with E-state index in [-0.39, 0.29) is 0 Å². The van der Waals surface area contributed by atoms with E-state index in [9.17, 15) is 14.0 Å². The van der Waals surface area contributed by atoms with E-state index < -0.39 is 17.6 Å². The fourth-order valence-corrected chi connectivity index (χ4v) is 1.03. The Morgan fingerprint density at radius 3 is 2.67 bits per heavy atom. The van der Waals surface area contributed by atoms with Crippen molar-refractivity contribution >= 4 is 17.8 Å². The minimum atomic E-state index is -1.53. The Kier molecular flexibility index (Phi) is 3.33. The third kappa shape index (κ3) is 3.02. The lowest BCUT2D eigenvalue weighted by Gasteiger charge is -1.98. The number of aryl methyl sites for hydroxylation is 1. The summed E-state index contributed by atoms with van der Waals surface area (Å²) < 4.78 is 12.8. The number of carbonyl (C=O) groups is 2. The molecule has 0 aliphatic rings. The van der Waals surface area contributed by atoms with Crippen LogP contribution in [0.3, 0.4) is 0 Å². The summed E-state index contributed by atoms with van der Waals surface area (Å²) in [5.74, 6) is -2.98. The second kappa shape index (κ2) is 4.50. The number of carbonyl (C=O) groups excluding carboxylic acids is 1. The number of hydrogen-bond donors (Lipinski definition) is 1. The molecule has 0 fully saturated rings. The highest BCUT2D eigenvalue weighted by atomic mass is 19.1. The molecule has 1 aromatic rings. The maximum atomic E-state index is 12.8. The van der Waals surface area contributed by atoms with Crippen LogP contribution >= 0.6 is 0 Å². The summed E-state index contributed by atoms with van der Waals surface area (Å²) in [4.78, 5) is 20.9. The Hall–Kier alpha value is -1.97. The van der Waals surface area contributed by atoms with Gasteiger partial charge in [0.2, 0.25) is 0 Å². The average molecular weight is 208 g/mol. The molecule has 0 aromatic heterocycles.